The van der Waals surface area contributed by atoms with E-state index in [4.69, 9.17) is 5.11 Å². The molecular weight excluding hydrogens is 290 g/mol. The molecule has 0 aliphatic carbocycles. The van der Waals surface area contributed by atoms with E-state index < -0.39 is 5.97 Å². The van der Waals surface area contributed by atoms with Gasteiger partial charge in [0.2, 0.25) is 0 Å². The minimum atomic E-state index is -0.942. The van der Waals surface area contributed by atoms with Gasteiger partial charge in [-0.3, -0.25) is 0 Å². The predicted octanol–water partition coefficient (Wildman–Crippen LogP) is 3.27. The number of fused-ring (bicyclic) bond motifs is 1. The average Bonchev–Trinajstić information content (AvgIpc) is 2.97. The topological polar surface area (TPSA) is 73.3 Å². The molecule has 1 heterocycles. The van der Waals surface area contributed by atoms with Crippen molar-refractivity contribution in [2.45, 2.75) is 6.42 Å². The van der Waals surface area contributed by atoms with Gasteiger partial charge in [0.25, 0.3) is 0 Å². The van der Waals surface area contributed by atoms with Crippen LogP contribution < -0.4 is 0 Å². The number of aromatic nitrogens is 1. The molecule has 0 fully saturated rings. The van der Waals surface area contributed by atoms with Crippen LogP contribution in [0.1, 0.15) is 22.3 Å². The normalized spacial score (nSPS) is 10.3. The predicted molar refractivity (Wildman–Crippen MR) is 89.3 cm³/mol. The van der Waals surface area contributed by atoms with Gasteiger partial charge in [-0.2, -0.15) is 0 Å². The Balaban J connectivity index is 2.06. The van der Waals surface area contributed by atoms with Gasteiger partial charge in [0.05, 0.1) is 12.2 Å². The van der Waals surface area contributed by atoms with Crippen molar-refractivity contribution in [1.82, 2.24) is 4.98 Å². The second-order valence-corrected chi connectivity index (χ2v) is 5.09. The van der Waals surface area contributed by atoms with Crippen LogP contribution in [-0.2, 0) is 0 Å². The third-order valence-corrected chi connectivity index (χ3v) is 3.61. The van der Waals surface area contributed by atoms with E-state index in [1.807, 2.05) is 30.5 Å². The van der Waals surface area contributed by atoms with E-state index >= 15 is 0 Å². The fraction of sp³-hybridized carbons (Fsp3) is 0.105. The van der Waals surface area contributed by atoms with Crippen molar-refractivity contribution in [3.63, 3.8) is 0 Å². The second kappa shape index (κ2) is 6.39. The lowest BCUT2D eigenvalue weighted by Crippen LogP contribution is -1.98. The Kier molecular flexibility index (Phi) is 4.13. The summed E-state index contributed by atoms with van der Waals surface area (Å²) in [6.07, 6.45) is 2.26. The van der Waals surface area contributed by atoms with Crippen molar-refractivity contribution in [3.8, 4) is 23.0 Å². The maximum absolute atomic E-state index is 11.4. The fourth-order valence-corrected chi connectivity index (χ4v) is 2.53. The molecule has 4 heteroatoms. The Morgan fingerprint density at radius 1 is 1.17 bits per heavy atom. The fourth-order valence-electron chi connectivity index (χ4n) is 2.53. The van der Waals surface area contributed by atoms with Crippen LogP contribution in [0.15, 0.2) is 48.7 Å². The molecule has 4 nitrogen and oxygen atoms in total. The van der Waals surface area contributed by atoms with Crippen LogP contribution in [0.4, 0.5) is 0 Å². The number of hydrogen-bond acceptors (Lipinski definition) is 2. The van der Waals surface area contributed by atoms with E-state index in [1.165, 1.54) is 0 Å². The third-order valence-electron chi connectivity index (χ3n) is 3.61. The number of benzene rings is 2. The number of nitrogens with one attached hydrogen (secondary N) is 1. The zero-order valence-electron chi connectivity index (χ0n) is 12.3. The molecule has 114 valence electrons. The van der Waals surface area contributed by atoms with Crippen LogP contribution >= 0.6 is 0 Å². The summed E-state index contributed by atoms with van der Waals surface area (Å²) in [5.41, 5.74) is 3.57. The van der Waals surface area contributed by atoms with E-state index in [0.29, 0.717) is 12.0 Å². The molecule has 2 aromatic carbocycles. The number of aliphatic hydroxyl groups excluding tert-OH is 1. The third kappa shape index (κ3) is 2.96. The highest BCUT2D eigenvalue weighted by Gasteiger charge is 2.12. The maximum Gasteiger partial charge on any atom is 0.336 e. The maximum atomic E-state index is 11.4. The molecule has 3 rings (SSSR count). The molecule has 0 aliphatic rings. The lowest BCUT2D eigenvalue weighted by molar-refractivity contribution is 0.0697. The number of carboxylic acids is 1. The highest BCUT2D eigenvalue weighted by molar-refractivity contribution is 5.98. The summed E-state index contributed by atoms with van der Waals surface area (Å²) < 4.78 is 0. The van der Waals surface area contributed by atoms with Gasteiger partial charge in [-0.05, 0) is 23.3 Å². The zero-order valence-corrected chi connectivity index (χ0v) is 12.3. The van der Waals surface area contributed by atoms with Crippen LogP contribution in [0.25, 0.3) is 22.0 Å². The van der Waals surface area contributed by atoms with Crippen molar-refractivity contribution in [2.24, 2.45) is 0 Å². The molecule has 0 amide bonds. The molecule has 23 heavy (non-hydrogen) atoms. The van der Waals surface area contributed by atoms with Crippen molar-refractivity contribution < 1.29 is 15.0 Å². The molecule has 0 saturated carbocycles. The quantitative estimate of drug-likeness (QED) is 0.650. The van der Waals surface area contributed by atoms with Crippen LogP contribution in [0.3, 0.4) is 0 Å². The molecule has 0 atom stereocenters. The molecule has 3 aromatic rings. The molecule has 0 bridgehead atoms. The van der Waals surface area contributed by atoms with Crippen LogP contribution in [-0.4, -0.2) is 27.8 Å². The number of carboxylic acid groups (broad SMARTS) is 1. The molecule has 0 saturated heterocycles. The van der Waals surface area contributed by atoms with Crippen molar-refractivity contribution in [2.75, 3.05) is 6.61 Å². The van der Waals surface area contributed by atoms with Gasteiger partial charge in [0.1, 0.15) is 0 Å². The first kappa shape index (κ1) is 14.9. The van der Waals surface area contributed by atoms with Crippen LogP contribution in [0.2, 0.25) is 0 Å². The van der Waals surface area contributed by atoms with E-state index in [9.17, 15) is 9.90 Å². The molecule has 0 spiro atoms. The molecule has 0 radical (unpaired) electrons. The van der Waals surface area contributed by atoms with Crippen molar-refractivity contribution in [3.05, 3.63) is 59.8 Å². The molecular formula is C19H15NO3. The number of aliphatic hydroxyl groups is 1. The summed E-state index contributed by atoms with van der Waals surface area (Å²) in [4.78, 5) is 14.5. The Morgan fingerprint density at radius 2 is 2.00 bits per heavy atom. The van der Waals surface area contributed by atoms with E-state index in [0.717, 1.165) is 22.0 Å². The molecule has 3 N–H and O–H groups in total. The Morgan fingerprint density at radius 3 is 2.78 bits per heavy atom. The van der Waals surface area contributed by atoms with E-state index in [2.05, 4.69) is 16.8 Å². The van der Waals surface area contributed by atoms with Crippen molar-refractivity contribution >= 4 is 16.9 Å². The minimum Gasteiger partial charge on any atom is -0.478 e. The number of carbonyl (C=O) groups is 1. The van der Waals surface area contributed by atoms with Crippen LogP contribution in [0.5, 0.6) is 0 Å². The van der Waals surface area contributed by atoms with Gasteiger partial charge < -0.3 is 15.2 Å². The summed E-state index contributed by atoms with van der Waals surface area (Å²) in [7, 11) is 0. The smallest absolute Gasteiger partial charge is 0.336 e. The summed E-state index contributed by atoms with van der Waals surface area (Å²) in [5, 5.41) is 19.1. The lowest BCUT2D eigenvalue weighted by atomic mass is 9.98. The average molecular weight is 305 g/mol. The highest BCUT2D eigenvalue weighted by atomic mass is 16.4. The second-order valence-electron chi connectivity index (χ2n) is 5.09. The molecule has 1 aromatic heterocycles. The number of H-pyrrole nitrogens is 1. The molecule has 0 unspecified atom stereocenters. The monoisotopic (exact) mass is 305 g/mol. The van der Waals surface area contributed by atoms with Crippen LogP contribution in [0, 0.1) is 11.8 Å². The van der Waals surface area contributed by atoms with Gasteiger partial charge >= 0.3 is 5.97 Å². The first-order valence-corrected chi connectivity index (χ1v) is 7.24. The van der Waals surface area contributed by atoms with Gasteiger partial charge in [-0.25, -0.2) is 4.79 Å². The van der Waals surface area contributed by atoms with Gasteiger partial charge in [0, 0.05) is 29.1 Å². The first-order chi connectivity index (χ1) is 11.2. The minimum absolute atomic E-state index is 0.0471. The number of rotatable bonds is 3. The van der Waals surface area contributed by atoms with Crippen molar-refractivity contribution in [1.29, 1.82) is 0 Å². The summed E-state index contributed by atoms with van der Waals surface area (Å²) in [5.74, 6) is 4.98. The van der Waals surface area contributed by atoms with E-state index in [1.54, 1.807) is 18.2 Å². The number of aromatic carboxylic acids is 1. The number of hydrogen-bond donors (Lipinski definition) is 3. The largest absolute Gasteiger partial charge is 0.478 e. The Hall–Kier alpha value is -3.03. The van der Waals surface area contributed by atoms with E-state index in [-0.39, 0.29) is 12.2 Å². The lowest BCUT2D eigenvalue weighted by Gasteiger charge is -2.06. The van der Waals surface area contributed by atoms with Gasteiger partial charge in [-0.1, -0.05) is 42.2 Å². The SMILES string of the molecule is O=C(O)c1ccccc1-c1ccc2c(C#CCCO)c[nH]c2c1. The first-order valence-electron chi connectivity index (χ1n) is 7.24. The highest BCUT2D eigenvalue weighted by Crippen LogP contribution is 2.28. The van der Waals surface area contributed by atoms with Gasteiger partial charge in [0.15, 0.2) is 0 Å². The standard InChI is InChI=1S/C19H15NO3/c21-10-4-3-5-14-12-20-18-11-13(8-9-16(14)18)15-6-1-2-7-17(15)19(22)23/h1-2,6-9,11-12,20-21H,4,10H2,(H,22,23). The molecule has 0 aliphatic heterocycles. The Labute approximate surface area is 133 Å². The summed E-state index contributed by atoms with van der Waals surface area (Å²) in [6, 6.07) is 12.7. The number of aromatic amines is 1. The summed E-state index contributed by atoms with van der Waals surface area (Å²) in [6.45, 7) is 0.0471. The van der Waals surface area contributed by atoms with Gasteiger partial charge in [-0.15, -0.1) is 0 Å². The Bertz CT molecular complexity index is 928. The zero-order chi connectivity index (χ0) is 16.2. The summed E-state index contributed by atoms with van der Waals surface area (Å²) >= 11 is 0.